The third-order valence-electron chi connectivity index (χ3n) is 7.22. The standard InChI is InChI=1S/C28H40N6O7S/c1-19-24(18-29-31-19)42(38,39)34-12-6-7-23(34)25(35)30-22(26(36)41-28(2,3)4)17-20-8-10-21(11-9-20)40-27(37)33-15-13-32(5)14-16-33/h8-11,18,22-23H,6-7,12-17H2,1-5H3,(H,29,31)(H,30,35)/t22-,23-/m0/s1. The number of aryl methyl sites for hydroxylation is 1. The van der Waals surface area contributed by atoms with Crippen molar-refractivity contribution in [2.75, 3.05) is 39.8 Å². The van der Waals surface area contributed by atoms with Crippen LogP contribution in [0.25, 0.3) is 0 Å². The second-order valence-corrected chi connectivity index (χ2v) is 13.6. The molecule has 42 heavy (non-hydrogen) atoms. The Morgan fingerprint density at radius 2 is 1.76 bits per heavy atom. The van der Waals surface area contributed by atoms with Crippen molar-refractivity contribution in [1.82, 2.24) is 29.6 Å². The molecule has 14 heteroatoms. The van der Waals surface area contributed by atoms with Crippen LogP contribution in [0.15, 0.2) is 35.4 Å². The lowest BCUT2D eigenvalue weighted by Crippen LogP contribution is -2.52. The van der Waals surface area contributed by atoms with Crippen LogP contribution >= 0.6 is 0 Å². The minimum Gasteiger partial charge on any atom is -0.458 e. The maximum absolute atomic E-state index is 13.5. The molecule has 0 spiro atoms. The van der Waals surface area contributed by atoms with Crippen molar-refractivity contribution < 1.29 is 32.3 Å². The fourth-order valence-corrected chi connectivity index (χ4v) is 6.72. The Morgan fingerprint density at radius 3 is 2.36 bits per heavy atom. The number of hydrogen-bond donors (Lipinski definition) is 2. The molecule has 1 aromatic carbocycles. The first-order chi connectivity index (χ1) is 19.7. The number of ether oxygens (including phenoxy) is 2. The molecule has 0 unspecified atom stereocenters. The zero-order chi connectivity index (χ0) is 30.7. The van der Waals surface area contributed by atoms with Crippen LogP contribution in [0.2, 0.25) is 0 Å². The minimum absolute atomic E-state index is 0.0132. The molecule has 2 fully saturated rings. The number of carbonyl (C=O) groups excluding carboxylic acids is 3. The van der Waals surface area contributed by atoms with Crippen molar-refractivity contribution in [2.45, 2.75) is 69.5 Å². The van der Waals surface area contributed by atoms with E-state index in [-0.39, 0.29) is 17.9 Å². The number of aromatic nitrogens is 2. The summed E-state index contributed by atoms with van der Waals surface area (Å²) in [6.07, 6.45) is 1.79. The Balaban J connectivity index is 1.46. The number of esters is 1. The van der Waals surface area contributed by atoms with Gasteiger partial charge in [0.15, 0.2) is 0 Å². The summed E-state index contributed by atoms with van der Waals surface area (Å²) < 4.78 is 38.9. The van der Waals surface area contributed by atoms with Gasteiger partial charge in [0, 0.05) is 45.3 Å². The number of nitrogens with one attached hydrogen (secondary N) is 2. The number of rotatable bonds is 8. The van der Waals surface area contributed by atoms with E-state index in [1.165, 1.54) is 6.20 Å². The number of carbonyl (C=O) groups is 3. The summed E-state index contributed by atoms with van der Waals surface area (Å²) >= 11 is 0. The van der Waals surface area contributed by atoms with Crippen LogP contribution < -0.4 is 10.1 Å². The van der Waals surface area contributed by atoms with Crippen LogP contribution in [0.4, 0.5) is 4.79 Å². The second kappa shape index (κ2) is 12.8. The minimum atomic E-state index is -3.97. The quantitative estimate of drug-likeness (QED) is 0.429. The molecule has 230 valence electrons. The van der Waals surface area contributed by atoms with Gasteiger partial charge < -0.3 is 24.6 Å². The number of piperazine rings is 1. The van der Waals surface area contributed by atoms with Crippen molar-refractivity contribution in [3.8, 4) is 5.75 Å². The molecule has 2 aromatic rings. The Hall–Kier alpha value is -3.49. The first-order valence-corrected chi connectivity index (χ1v) is 15.5. The number of H-pyrrole nitrogens is 1. The Morgan fingerprint density at radius 1 is 1.10 bits per heavy atom. The average molecular weight is 605 g/mol. The van der Waals surface area contributed by atoms with E-state index in [4.69, 9.17) is 9.47 Å². The molecule has 2 aliphatic heterocycles. The number of sulfonamides is 1. The molecule has 4 rings (SSSR count). The topological polar surface area (TPSA) is 154 Å². The van der Waals surface area contributed by atoms with E-state index in [2.05, 4.69) is 20.4 Å². The van der Waals surface area contributed by atoms with Gasteiger partial charge in [0.25, 0.3) is 0 Å². The van der Waals surface area contributed by atoms with Crippen LogP contribution in [0, 0.1) is 6.92 Å². The van der Waals surface area contributed by atoms with Crippen molar-refractivity contribution in [3.05, 3.63) is 41.7 Å². The van der Waals surface area contributed by atoms with Crippen LogP contribution in [0.5, 0.6) is 5.75 Å². The van der Waals surface area contributed by atoms with Crippen molar-refractivity contribution in [3.63, 3.8) is 0 Å². The molecule has 2 N–H and O–H groups in total. The van der Waals surface area contributed by atoms with E-state index in [0.29, 0.717) is 42.9 Å². The maximum Gasteiger partial charge on any atom is 0.415 e. The molecular formula is C28H40N6O7S. The van der Waals surface area contributed by atoms with Gasteiger partial charge >= 0.3 is 12.1 Å². The predicted molar refractivity (Wildman–Crippen MR) is 153 cm³/mol. The maximum atomic E-state index is 13.5. The third-order valence-corrected chi connectivity index (χ3v) is 9.24. The fourth-order valence-electron chi connectivity index (χ4n) is 4.94. The van der Waals surface area contributed by atoms with Crippen molar-refractivity contribution in [2.24, 2.45) is 0 Å². The van der Waals surface area contributed by atoms with Gasteiger partial charge in [0.05, 0.1) is 5.69 Å². The first-order valence-electron chi connectivity index (χ1n) is 14.0. The molecule has 3 heterocycles. The van der Waals surface area contributed by atoms with E-state index in [0.717, 1.165) is 17.4 Å². The highest BCUT2D eigenvalue weighted by Gasteiger charge is 2.42. The summed E-state index contributed by atoms with van der Waals surface area (Å²) in [6.45, 7) is 9.67. The average Bonchev–Trinajstić information content (AvgIpc) is 3.59. The second-order valence-electron chi connectivity index (χ2n) is 11.7. The number of benzene rings is 1. The normalized spacial score (nSPS) is 19.4. The summed E-state index contributed by atoms with van der Waals surface area (Å²) in [4.78, 5) is 43.0. The summed E-state index contributed by atoms with van der Waals surface area (Å²) in [6, 6.07) is 4.64. The number of nitrogens with zero attached hydrogens (tertiary/aromatic N) is 4. The van der Waals surface area contributed by atoms with Gasteiger partial charge in [-0.2, -0.15) is 9.40 Å². The van der Waals surface area contributed by atoms with Gasteiger partial charge in [-0.25, -0.2) is 18.0 Å². The highest BCUT2D eigenvalue weighted by atomic mass is 32.2. The Labute approximate surface area is 246 Å². The summed E-state index contributed by atoms with van der Waals surface area (Å²) in [5.74, 6) is -0.854. The number of aromatic amines is 1. The first kappa shape index (κ1) is 31.4. The van der Waals surface area contributed by atoms with E-state index in [9.17, 15) is 22.8 Å². The number of amides is 2. The van der Waals surface area contributed by atoms with Crippen LogP contribution in [0.1, 0.15) is 44.9 Å². The van der Waals surface area contributed by atoms with Crippen molar-refractivity contribution >= 4 is 28.0 Å². The molecule has 1 aromatic heterocycles. The van der Waals surface area contributed by atoms with E-state index >= 15 is 0 Å². The molecule has 0 aliphatic carbocycles. The van der Waals surface area contributed by atoms with Gasteiger partial charge in [-0.15, -0.1) is 0 Å². The molecule has 0 bridgehead atoms. The number of likely N-dealkylation sites (N-methyl/N-ethyl adjacent to an activating group) is 1. The van der Waals surface area contributed by atoms with Gasteiger partial charge in [-0.3, -0.25) is 9.89 Å². The number of hydrogen-bond acceptors (Lipinski definition) is 9. The zero-order valence-electron chi connectivity index (χ0n) is 24.8. The van der Waals surface area contributed by atoms with Gasteiger partial charge in [0.1, 0.15) is 28.3 Å². The van der Waals surface area contributed by atoms with Crippen LogP contribution in [0.3, 0.4) is 0 Å². The predicted octanol–water partition coefficient (Wildman–Crippen LogP) is 1.69. The summed E-state index contributed by atoms with van der Waals surface area (Å²) in [5, 5.41) is 9.20. The van der Waals surface area contributed by atoms with Gasteiger partial charge in [0.2, 0.25) is 15.9 Å². The Bertz CT molecular complexity index is 1380. The Kier molecular flexibility index (Phi) is 9.58. The lowest BCUT2D eigenvalue weighted by molar-refractivity contribution is -0.158. The van der Waals surface area contributed by atoms with Crippen LogP contribution in [-0.2, 0) is 30.8 Å². The van der Waals surface area contributed by atoms with Crippen molar-refractivity contribution in [1.29, 1.82) is 0 Å². The molecule has 13 nitrogen and oxygen atoms in total. The highest BCUT2D eigenvalue weighted by molar-refractivity contribution is 7.89. The molecule has 2 amide bonds. The zero-order valence-corrected chi connectivity index (χ0v) is 25.6. The SMILES string of the molecule is Cc1n[nH]cc1S(=O)(=O)N1CCC[C@H]1C(=O)N[C@@H](Cc1ccc(OC(=O)N2CCN(C)CC2)cc1)C(=O)OC(C)(C)C. The highest BCUT2D eigenvalue weighted by Crippen LogP contribution is 2.27. The van der Waals surface area contributed by atoms with E-state index in [1.807, 2.05) is 7.05 Å². The fraction of sp³-hybridized carbons (Fsp3) is 0.571. The lowest BCUT2D eigenvalue weighted by atomic mass is 10.0. The largest absolute Gasteiger partial charge is 0.458 e. The molecule has 0 radical (unpaired) electrons. The molecule has 0 saturated carbocycles. The smallest absolute Gasteiger partial charge is 0.415 e. The van der Waals surface area contributed by atoms with E-state index < -0.39 is 45.7 Å². The van der Waals surface area contributed by atoms with Gasteiger partial charge in [-0.05, 0) is 65.3 Å². The molecular weight excluding hydrogens is 564 g/mol. The molecule has 2 atom stereocenters. The van der Waals surface area contributed by atoms with Gasteiger partial charge in [-0.1, -0.05) is 12.1 Å². The summed E-state index contributed by atoms with van der Waals surface area (Å²) in [7, 11) is -1.97. The molecule has 2 saturated heterocycles. The monoisotopic (exact) mass is 604 g/mol. The molecule has 2 aliphatic rings. The third kappa shape index (κ3) is 7.66. The lowest BCUT2D eigenvalue weighted by Gasteiger charge is -2.31. The van der Waals surface area contributed by atoms with Crippen LogP contribution in [-0.4, -0.2) is 108 Å². The van der Waals surface area contributed by atoms with E-state index in [1.54, 1.807) is 56.9 Å². The summed E-state index contributed by atoms with van der Waals surface area (Å²) in [5.41, 5.74) is 0.198.